The highest BCUT2D eigenvalue weighted by Gasteiger charge is 2.24. The fourth-order valence-electron chi connectivity index (χ4n) is 2.42. The smallest absolute Gasteiger partial charge is 0.307 e. The second kappa shape index (κ2) is 7.06. The van der Waals surface area contributed by atoms with Crippen LogP contribution in [0, 0.1) is 11.8 Å². The van der Waals surface area contributed by atoms with Gasteiger partial charge in [-0.2, -0.15) is 0 Å². The molecule has 0 radical (unpaired) electrons. The molecule has 1 unspecified atom stereocenters. The molecule has 6 nitrogen and oxygen atoms in total. The Morgan fingerprint density at radius 3 is 2.61 bits per heavy atom. The van der Waals surface area contributed by atoms with Crippen LogP contribution in [0.15, 0.2) is 41.4 Å². The molecular formula is C16H20N2O4S. The molecule has 124 valence electrons. The van der Waals surface area contributed by atoms with Gasteiger partial charge in [-0.3, -0.25) is 9.78 Å². The summed E-state index contributed by atoms with van der Waals surface area (Å²) in [7, 11) is -3.83. The highest BCUT2D eigenvalue weighted by Crippen LogP contribution is 2.21. The Kier molecular flexibility index (Phi) is 5.33. The number of hydrogen-bond acceptors (Lipinski definition) is 4. The third-order valence-electron chi connectivity index (χ3n) is 3.51. The molecule has 23 heavy (non-hydrogen) atoms. The van der Waals surface area contributed by atoms with Crippen LogP contribution in [0.2, 0.25) is 0 Å². The van der Waals surface area contributed by atoms with E-state index in [0.29, 0.717) is 17.3 Å². The summed E-state index contributed by atoms with van der Waals surface area (Å²) in [4.78, 5) is 15.4. The summed E-state index contributed by atoms with van der Waals surface area (Å²) in [6.45, 7) is 3.66. The topological polar surface area (TPSA) is 96.4 Å². The molecule has 1 aromatic heterocycles. The van der Waals surface area contributed by atoms with E-state index in [9.17, 15) is 18.3 Å². The monoisotopic (exact) mass is 336 g/mol. The van der Waals surface area contributed by atoms with Crippen molar-refractivity contribution in [2.75, 3.05) is 6.54 Å². The summed E-state index contributed by atoms with van der Waals surface area (Å²) >= 11 is 0. The molecule has 2 N–H and O–H groups in total. The van der Waals surface area contributed by atoms with E-state index < -0.39 is 21.9 Å². The number of fused-ring (bicyclic) bond motifs is 1. The summed E-state index contributed by atoms with van der Waals surface area (Å²) < 4.78 is 27.4. The number of nitrogens with zero attached hydrogens (tertiary/aromatic N) is 1. The zero-order valence-corrected chi connectivity index (χ0v) is 13.9. The SMILES string of the molecule is CC(C)CC(CNS(=O)(=O)c1cccc2cccnc12)C(=O)O. The van der Waals surface area contributed by atoms with E-state index in [0.717, 1.165) is 0 Å². The molecule has 2 rings (SSSR count). The summed E-state index contributed by atoms with van der Waals surface area (Å²) in [5.41, 5.74) is 0.373. The van der Waals surface area contributed by atoms with Crippen molar-refractivity contribution in [1.82, 2.24) is 9.71 Å². The Bertz CT molecular complexity index is 797. The maximum Gasteiger partial charge on any atom is 0.307 e. The maximum atomic E-state index is 12.5. The number of carboxylic acid groups (broad SMARTS) is 1. The molecule has 0 aliphatic heterocycles. The second-order valence-corrected chi connectivity index (χ2v) is 7.58. The number of aliphatic carboxylic acids is 1. The fraction of sp³-hybridized carbons (Fsp3) is 0.375. The van der Waals surface area contributed by atoms with E-state index >= 15 is 0 Å². The molecule has 0 aliphatic rings. The summed E-state index contributed by atoms with van der Waals surface area (Å²) in [5, 5.41) is 9.93. The number of rotatable bonds is 7. The second-order valence-electron chi connectivity index (χ2n) is 5.85. The highest BCUT2D eigenvalue weighted by molar-refractivity contribution is 7.89. The number of carboxylic acids is 1. The zero-order valence-electron chi connectivity index (χ0n) is 13.1. The van der Waals surface area contributed by atoms with Crippen molar-refractivity contribution in [3.63, 3.8) is 0 Å². The average molecular weight is 336 g/mol. The van der Waals surface area contributed by atoms with Gasteiger partial charge < -0.3 is 5.11 Å². The van der Waals surface area contributed by atoms with Crippen molar-refractivity contribution < 1.29 is 18.3 Å². The molecule has 0 saturated heterocycles. The molecule has 1 aromatic carbocycles. The third-order valence-corrected chi connectivity index (χ3v) is 4.97. The molecule has 1 atom stereocenters. The Morgan fingerprint density at radius 2 is 1.96 bits per heavy atom. The van der Waals surface area contributed by atoms with Gasteiger partial charge in [-0.05, 0) is 24.5 Å². The van der Waals surface area contributed by atoms with Crippen LogP contribution in [0.5, 0.6) is 0 Å². The van der Waals surface area contributed by atoms with Gasteiger partial charge in [-0.25, -0.2) is 13.1 Å². The zero-order chi connectivity index (χ0) is 17.0. The van der Waals surface area contributed by atoms with E-state index in [1.807, 2.05) is 13.8 Å². The number of sulfonamides is 1. The first-order valence-electron chi connectivity index (χ1n) is 7.37. The van der Waals surface area contributed by atoms with Gasteiger partial charge >= 0.3 is 5.97 Å². The van der Waals surface area contributed by atoms with Crippen molar-refractivity contribution in [2.45, 2.75) is 25.2 Å². The van der Waals surface area contributed by atoms with Gasteiger partial charge in [-0.15, -0.1) is 0 Å². The van der Waals surface area contributed by atoms with Crippen molar-refractivity contribution in [3.8, 4) is 0 Å². The van der Waals surface area contributed by atoms with Crippen molar-refractivity contribution in [3.05, 3.63) is 36.5 Å². The van der Waals surface area contributed by atoms with E-state index in [1.165, 1.54) is 12.3 Å². The van der Waals surface area contributed by atoms with Gasteiger partial charge in [0.15, 0.2) is 0 Å². The van der Waals surface area contributed by atoms with E-state index in [4.69, 9.17) is 0 Å². The van der Waals surface area contributed by atoms with Crippen LogP contribution in [-0.2, 0) is 14.8 Å². The molecule has 0 amide bonds. The third kappa shape index (κ3) is 4.27. The molecule has 2 aromatic rings. The molecule has 1 heterocycles. The quantitative estimate of drug-likeness (QED) is 0.808. The number of benzene rings is 1. The first kappa shape index (κ1) is 17.4. The maximum absolute atomic E-state index is 12.5. The van der Waals surface area contributed by atoms with Crippen LogP contribution in [0.25, 0.3) is 10.9 Å². The lowest BCUT2D eigenvalue weighted by Gasteiger charge is -2.16. The Hall–Kier alpha value is -1.99. The first-order chi connectivity index (χ1) is 10.8. The van der Waals surface area contributed by atoms with Crippen molar-refractivity contribution in [1.29, 1.82) is 0 Å². The van der Waals surface area contributed by atoms with Gasteiger partial charge in [-0.1, -0.05) is 32.0 Å². The number of hydrogen-bond donors (Lipinski definition) is 2. The predicted molar refractivity (Wildman–Crippen MR) is 87.5 cm³/mol. The molecule has 0 saturated carbocycles. The van der Waals surface area contributed by atoms with Crippen molar-refractivity contribution in [2.24, 2.45) is 11.8 Å². The molecule has 0 fully saturated rings. The Morgan fingerprint density at radius 1 is 1.26 bits per heavy atom. The Labute approximate surface area is 135 Å². The van der Waals surface area contributed by atoms with Gasteiger partial charge in [0, 0.05) is 18.1 Å². The minimum Gasteiger partial charge on any atom is -0.481 e. The summed E-state index contributed by atoms with van der Waals surface area (Å²) in [6.07, 6.45) is 1.94. The van der Waals surface area contributed by atoms with Gasteiger partial charge in [0.1, 0.15) is 4.90 Å². The van der Waals surface area contributed by atoms with Gasteiger partial charge in [0.2, 0.25) is 10.0 Å². The molecule has 0 aliphatic carbocycles. The van der Waals surface area contributed by atoms with Crippen LogP contribution < -0.4 is 4.72 Å². The lowest BCUT2D eigenvalue weighted by Crippen LogP contribution is -2.33. The number of carbonyl (C=O) groups is 1. The van der Waals surface area contributed by atoms with E-state index in [2.05, 4.69) is 9.71 Å². The first-order valence-corrected chi connectivity index (χ1v) is 8.86. The van der Waals surface area contributed by atoms with Gasteiger partial charge in [0.05, 0.1) is 11.4 Å². The number of nitrogens with one attached hydrogen (secondary N) is 1. The minimum absolute atomic E-state index is 0.0595. The number of para-hydroxylation sites is 1. The number of pyridine rings is 1. The fourth-order valence-corrected chi connectivity index (χ4v) is 3.68. The predicted octanol–water partition coefficient (Wildman–Crippen LogP) is 2.26. The standard InChI is InChI=1S/C16H20N2O4S/c1-11(2)9-13(16(19)20)10-18-23(21,22)14-7-3-5-12-6-4-8-17-15(12)14/h3-8,11,13,18H,9-10H2,1-2H3,(H,19,20). The molecular weight excluding hydrogens is 316 g/mol. The van der Waals surface area contributed by atoms with Crippen LogP contribution in [0.3, 0.4) is 0 Å². The molecule has 7 heteroatoms. The average Bonchev–Trinajstić information content (AvgIpc) is 2.50. The van der Waals surface area contributed by atoms with Crippen LogP contribution in [0.4, 0.5) is 0 Å². The van der Waals surface area contributed by atoms with E-state index in [1.54, 1.807) is 24.3 Å². The normalized spacial score (nSPS) is 13.3. The van der Waals surface area contributed by atoms with E-state index in [-0.39, 0.29) is 17.4 Å². The Balaban J connectivity index is 2.26. The van der Waals surface area contributed by atoms with Crippen LogP contribution in [-0.4, -0.2) is 31.0 Å². The van der Waals surface area contributed by atoms with Gasteiger partial charge in [0.25, 0.3) is 0 Å². The summed E-state index contributed by atoms with van der Waals surface area (Å²) in [5.74, 6) is -1.59. The number of aromatic nitrogens is 1. The van der Waals surface area contributed by atoms with Crippen LogP contribution >= 0.6 is 0 Å². The lowest BCUT2D eigenvalue weighted by molar-refractivity contribution is -0.142. The molecule has 0 bridgehead atoms. The summed E-state index contributed by atoms with van der Waals surface area (Å²) in [6, 6.07) is 8.40. The van der Waals surface area contributed by atoms with Crippen molar-refractivity contribution >= 4 is 26.9 Å². The largest absolute Gasteiger partial charge is 0.481 e. The molecule has 0 spiro atoms. The lowest BCUT2D eigenvalue weighted by atomic mass is 9.98. The minimum atomic E-state index is -3.83. The highest BCUT2D eigenvalue weighted by atomic mass is 32.2. The van der Waals surface area contributed by atoms with Crippen LogP contribution in [0.1, 0.15) is 20.3 Å².